The highest BCUT2D eigenvalue weighted by molar-refractivity contribution is 5.71. The molecule has 0 radical (unpaired) electrons. The molecule has 1 N–H and O–H groups in total. The van der Waals surface area contributed by atoms with Crippen molar-refractivity contribution in [3.05, 3.63) is 0 Å². The minimum absolute atomic E-state index is 0.0649. The summed E-state index contributed by atoms with van der Waals surface area (Å²) < 4.78 is 5.05. The molecule has 5 nitrogen and oxygen atoms in total. The third kappa shape index (κ3) is 5.58. The lowest BCUT2D eigenvalue weighted by molar-refractivity contribution is -0.138. The van der Waals surface area contributed by atoms with Crippen LogP contribution in [0.5, 0.6) is 0 Å². The Morgan fingerprint density at radius 3 is 2.25 bits per heavy atom. The molecule has 1 atom stereocenters. The lowest BCUT2D eigenvalue weighted by Gasteiger charge is -2.26. The van der Waals surface area contributed by atoms with Crippen molar-refractivity contribution in [2.75, 3.05) is 13.2 Å². The Morgan fingerprint density at radius 1 is 1.31 bits per heavy atom. The SMILES string of the molecule is CCN(C(=O)OCC(C)C)C(C)CC(=O)O. The van der Waals surface area contributed by atoms with Crippen molar-refractivity contribution < 1.29 is 19.4 Å². The van der Waals surface area contributed by atoms with Crippen molar-refractivity contribution in [2.45, 2.75) is 40.2 Å². The first-order valence-electron chi connectivity index (χ1n) is 5.53. The molecule has 1 amide bonds. The zero-order valence-electron chi connectivity index (χ0n) is 10.4. The largest absolute Gasteiger partial charge is 0.481 e. The van der Waals surface area contributed by atoms with Gasteiger partial charge in [-0.3, -0.25) is 4.79 Å². The Kier molecular flexibility index (Phi) is 6.53. The predicted octanol–water partition coefficient (Wildman–Crippen LogP) is 1.96. The zero-order chi connectivity index (χ0) is 12.7. The van der Waals surface area contributed by atoms with E-state index in [1.807, 2.05) is 13.8 Å². The fourth-order valence-electron chi connectivity index (χ4n) is 1.30. The van der Waals surface area contributed by atoms with Crippen molar-refractivity contribution in [1.29, 1.82) is 0 Å². The molecular formula is C11H21NO4. The number of amides is 1. The van der Waals surface area contributed by atoms with Crippen molar-refractivity contribution in [3.8, 4) is 0 Å². The first-order valence-corrected chi connectivity index (χ1v) is 5.53. The zero-order valence-corrected chi connectivity index (χ0v) is 10.4. The summed E-state index contributed by atoms with van der Waals surface area (Å²) in [5, 5.41) is 8.65. The monoisotopic (exact) mass is 231 g/mol. The number of ether oxygens (including phenoxy) is 1. The summed E-state index contributed by atoms with van der Waals surface area (Å²) in [5.41, 5.74) is 0. The number of carbonyl (C=O) groups is 2. The van der Waals surface area contributed by atoms with Gasteiger partial charge in [-0.25, -0.2) is 4.79 Å². The van der Waals surface area contributed by atoms with Gasteiger partial charge in [-0.05, 0) is 19.8 Å². The van der Waals surface area contributed by atoms with Gasteiger partial charge in [-0.1, -0.05) is 13.8 Å². The quantitative estimate of drug-likeness (QED) is 0.758. The van der Waals surface area contributed by atoms with Gasteiger partial charge in [0.05, 0.1) is 13.0 Å². The van der Waals surface area contributed by atoms with Crippen molar-refractivity contribution in [3.63, 3.8) is 0 Å². The third-order valence-electron chi connectivity index (χ3n) is 2.12. The van der Waals surface area contributed by atoms with E-state index in [9.17, 15) is 9.59 Å². The van der Waals surface area contributed by atoms with Crippen molar-refractivity contribution in [1.82, 2.24) is 4.90 Å². The molecule has 94 valence electrons. The molecule has 0 rings (SSSR count). The molecule has 16 heavy (non-hydrogen) atoms. The highest BCUT2D eigenvalue weighted by atomic mass is 16.6. The van der Waals surface area contributed by atoms with Crippen LogP contribution in [-0.4, -0.2) is 41.3 Å². The summed E-state index contributed by atoms with van der Waals surface area (Å²) in [7, 11) is 0. The van der Waals surface area contributed by atoms with Crippen molar-refractivity contribution >= 4 is 12.1 Å². The fraction of sp³-hybridized carbons (Fsp3) is 0.818. The molecular weight excluding hydrogens is 210 g/mol. The van der Waals surface area contributed by atoms with Crippen LogP contribution >= 0.6 is 0 Å². The van der Waals surface area contributed by atoms with E-state index in [1.54, 1.807) is 13.8 Å². The van der Waals surface area contributed by atoms with E-state index in [2.05, 4.69) is 0 Å². The second-order valence-corrected chi connectivity index (χ2v) is 4.20. The Bertz CT molecular complexity index is 240. The van der Waals surface area contributed by atoms with Gasteiger partial charge in [0.25, 0.3) is 0 Å². The normalized spacial score (nSPS) is 12.3. The van der Waals surface area contributed by atoms with Gasteiger partial charge >= 0.3 is 12.1 Å². The van der Waals surface area contributed by atoms with E-state index in [1.165, 1.54) is 4.90 Å². The Labute approximate surface area is 96.4 Å². The highest BCUT2D eigenvalue weighted by Gasteiger charge is 2.21. The molecule has 0 aliphatic rings. The number of carbonyl (C=O) groups excluding carboxylic acids is 1. The molecule has 0 aliphatic carbocycles. The summed E-state index contributed by atoms with van der Waals surface area (Å²) in [6, 6.07) is -0.345. The van der Waals surface area contributed by atoms with Crippen LogP contribution in [0.15, 0.2) is 0 Å². The van der Waals surface area contributed by atoms with Crippen LogP contribution in [0.3, 0.4) is 0 Å². The number of rotatable bonds is 6. The lowest BCUT2D eigenvalue weighted by Crippen LogP contribution is -2.40. The molecule has 0 bridgehead atoms. The van der Waals surface area contributed by atoms with Crippen LogP contribution in [0.25, 0.3) is 0 Å². The van der Waals surface area contributed by atoms with Gasteiger partial charge in [-0.15, -0.1) is 0 Å². The smallest absolute Gasteiger partial charge is 0.410 e. The van der Waals surface area contributed by atoms with E-state index in [0.29, 0.717) is 13.2 Å². The van der Waals surface area contributed by atoms with E-state index < -0.39 is 12.1 Å². The summed E-state index contributed by atoms with van der Waals surface area (Å²) in [4.78, 5) is 23.6. The number of carboxylic acid groups (broad SMARTS) is 1. The molecule has 0 heterocycles. The minimum atomic E-state index is -0.914. The van der Waals surface area contributed by atoms with E-state index in [-0.39, 0.29) is 18.4 Å². The molecule has 0 aromatic rings. The predicted molar refractivity (Wildman–Crippen MR) is 60.3 cm³/mol. The molecule has 0 aromatic heterocycles. The van der Waals surface area contributed by atoms with Gasteiger partial charge in [0.15, 0.2) is 0 Å². The maximum atomic E-state index is 11.6. The van der Waals surface area contributed by atoms with E-state index in [0.717, 1.165) is 0 Å². The molecule has 0 aliphatic heterocycles. The summed E-state index contributed by atoms with van der Waals surface area (Å²) >= 11 is 0. The van der Waals surface area contributed by atoms with Crippen LogP contribution < -0.4 is 0 Å². The van der Waals surface area contributed by atoms with Gasteiger partial charge in [0.1, 0.15) is 0 Å². The Balaban J connectivity index is 4.24. The van der Waals surface area contributed by atoms with Crippen LogP contribution in [0, 0.1) is 5.92 Å². The van der Waals surface area contributed by atoms with Gasteiger partial charge in [0.2, 0.25) is 0 Å². The number of nitrogens with zero attached hydrogens (tertiary/aromatic N) is 1. The Morgan fingerprint density at radius 2 is 1.88 bits per heavy atom. The van der Waals surface area contributed by atoms with Crippen LogP contribution in [0.2, 0.25) is 0 Å². The first kappa shape index (κ1) is 14.7. The van der Waals surface area contributed by atoms with Crippen LogP contribution in [0.1, 0.15) is 34.1 Å². The third-order valence-corrected chi connectivity index (χ3v) is 2.12. The highest BCUT2D eigenvalue weighted by Crippen LogP contribution is 2.07. The van der Waals surface area contributed by atoms with Gasteiger partial charge < -0.3 is 14.7 Å². The fourth-order valence-corrected chi connectivity index (χ4v) is 1.30. The molecule has 0 saturated heterocycles. The standard InChI is InChI=1S/C11H21NO4/c1-5-12(9(4)6-10(13)14)11(15)16-7-8(2)3/h8-9H,5-7H2,1-4H3,(H,13,14). The summed E-state index contributed by atoms with van der Waals surface area (Å²) in [6.45, 7) is 8.21. The molecule has 1 unspecified atom stereocenters. The van der Waals surface area contributed by atoms with Gasteiger partial charge in [-0.2, -0.15) is 0 Å². The van der Waals surface area contributed by atoms with Crippen molar-refractivity contribution in [2.24, 2.45) is 5.92 Å². The van der Waals surface area contributed by atoms with E-state index in [4.69, 9.17) is 9.84 Å². The topological polar surface area (TPSA) is 66.8 Å². The summed E-state index contributed by atoms with van der Waals surface area (Å²) in [5.74, 6) is -0.639. The molecule has 0 fully saturated rings. The number of carboxylic acids is 1. The number of hydrogen-bond acceptors (Lipinski definition) is 3. The minimum Gasteiger partial charge on any atom is -0.481 e. The van der Waals surface area contributed by atoms with Crippen LogP contribution in [0.4, 0.5) is 4.79 Å². The molecule has 0 spiro atoms. The number of aliphatic carboxylic acids is 1. The molecule has 0 saturated carbocycles. The van der Waals surface area contributed by atoms with Gasteiger partial charge in [0, 0.05) is 12.6 Å². The lowest BCUT2D eigenvalue weighted by atomic mass is 10.2. The molecule has 0 aromatic carbocycles. The maximum Gasteiger partial charge on any atom is 0.410 e. The molecule has 5 heteroatoms. The second-order valence-electron chi connectivity index (χ2n) is 4.20. The number of hydrogen-bond donors (Lipinski definition) is 1. The average molecular weight is 231 g/mol. The average Bonchev–Trinajstić information content (AvgIpc) is 2.14. The maximum absolute atomic E-state index is 11.6. The second kappa shape index (κ2) is 7.09. The van der Waals surface area contributed by atoms with Crippen LogP contribution in [-0.2, 0) is 9.53 Å². The Hall–Kier alpha value is -1.26. The first-order chi connectivity index (χ1) is 7.38. The van der Waals surface area contributed by atoms with E-state index >= 15 is 0 Å². The summed E-state index contributed by atoms with van der Waals surface area (Å²) in [6.07, 6.45) is -0.505.